The highest BCUT2D eigenvalue weighted by atomic mass is 16.6. The summed E-state index contributed by atoms with van der Waals surface area (Å²) < 4.78 is 5.34. The maximum Gasteiger partial charge on any atom is 0.278 e. The van der Waals surface area contributed by atoms with Gasteiger partial charge in [0.05, 0.1) is 23.5 Å². The molecular formula is C16H20N4O3. The lowest BCUT2D eigenvalue weighted by atomic mass is 10.1. The summed E-state index contributed by atoms with van der Waals surface area (Å²) in [6, 6.07) is 5.12. The van der Waals surface area contributed by atoms with Crippen LogP contribution in [0.15, 0.2) is 30.6 Å². The number of nitrogens with zero attached hydrogens (tertiary/aromatic N) is 3. The molecule has 2 heterocycles. The first kappa shape index (κ1) is 15.6. The monoisotopic (exact) mass is 316 g/mol. The first-order valence-electron chi connectivity index (χ1n) is 7.81. The van der Waals surface area contributed by atoms with Crippen molar-refractivity contribution in [3.63, 3.8) is 0 Å². The lowest BCUT2D eigenvalue weighted by Crippen LogP contribution is -2.37. The molecule has 1 aliphatic rings. The van der Waals surface area contributed by atoms with Crippen LogP contribution in [0.1, 0.15) is 6.42 Å². The molecular weight excluding hydrogens is 296 g/mol. The second-order valence-electron chi connectivity index (χ2n) is 5.54. The van der Waals surface area contributed by atoms with Gasteiger partial charge in [0, 0.05) is 49.2 Å². The van der Waals surface area contributed by atoms with E-state index in [0.717, 1.165) is 56.9 Å². The number of hydrogen-bond donors (Lipinski definition) is 1. The standard InChI is InChI=1S/C16H20N4O3/c21-20(22)16-3-2-15(13-4-6-17-12-14(13)16)18-5-1-7-19-8-10-23-11-9-19/h2-4,6,12,18H,1,5,7-11H2. The van der Waals surface area contributed by atoms with E-state index in [0.29, 0.717) is 5.39 Å². The molecule has 0 spiro atoms. The zero-order valence-corrected chi connectivity index (χ0v) is 12.9. The summed E-state index contributed by atoms with van der Waals surface area (Å²) in [5, 5.41) is 15.9. The van der Waals surface area contributed by atoms with Gasteiger partial charge in [-0.05, 0) is 25.1 Å². The molecule has 0 aliphatic carbocycles. The predicted octanol–water partition coefficient (Wildman–Crippen LogP) is 2.28. The molecule has 1 N–H and O–H groups in total. The zero-order valence-electron chi connectivity index (χ0n) is 12.9. The van der Waals surface area contributed by atoms with Gasteiger partial charge in [-0.3, -0.25) is 20.0 Å². The Bertz CT molecular complexity index is 686. The summed E-state index contributed by atoms with van der Waals surface area (Å²) in [5.41, 5.74) is 1.00. The quantitative estimate of drug-likeness (QED) is 0.500. The summed E-state index contributed by atoms with van der Waals surface area (Å²) in [6.07, 6.45) is 4.22. The van der Waals surface area contributed by atoms with Crippen molar-refractivity contribution in [3.8, 4) is 0 Å². The van der Waals surface area contributed by atoms with Crippen LogP contribution < -0.4 is 5.32 Å². The third-order valence-corrected chi connectivity index (χ3v) is 4.06. The molecule has 0 bridgehead atoms. The van der Waals surface area contributed by atoms with Gasteiger partial charge in [-0.15, -0.1) is 0 Å². The number of pyridine rings is 1. The Morgan fingerprint density at radius 3 is 2.87 bits per heavy atom. The number of benzene rings is 1. The van der Waals surface area contributed by atoms with Gasteiger partial charge in [0.1, 0.15) is 0 Å². The molecule has 1 aromatic carbocycles. The van der Waals surface area contributed by atoms with E-state index in [-0.39, 0.29) is 10.6 Å². The van der Waals surface area contributed by atoms with Gasteiger partial charge in [-0.25, -0.2) is 0 Å². The smallest absolute Gasteiger partial charge is 0.278 e. The molecule has 1 fully saturated rings. The van der Waals surface area contributed by atoms with Gasteiger partial charge >= 0.3 is 0 Å². The summed E-state index contributed by atoms with van der Waals surface area (Å²) in [7, 11) is 0. The van der Waals surface area contributed by atoms with Crippen molar-refractivity contribution in [2.75, 3.05) is 44.7 Å². The van der Waals surface area contributed by atoms with Gasteiger partial charge in [-0.1, -0.05) is 0 Å². The number of nitro groups is 1. The van der Waals surface area contributed by atoms with Crippen LogP contribution in [0.2, 0.25) is 0 Å². The van der Waals surface area contributed by atoms with Crippen LogP contribution in [0.5, 0.6) is 0 Å². The molecule has 0 atom stereocenters. The molecule has 0 amide bonds. The van der Waals surface area contributed by atoms with E-state index in [1.165, 1.54) is 6.07 Å². The SMILES string of the molecule is O=[N+]([O-])c1ccc(NCCCN2CCOCC2)c2ccncc12. The maximum absolute atomic E-state index is 11.1. The van der Waals surface area contributed by atoms with Gasteiger partial charge in [0.2, 0.25) is 0 Å². The third kappa shape index (κ3) is 3.75. The highest BCUT2D eigenvalue weighted by molar-refractivity contribution is 5.99. The second kappa shape index (κ2) is 7.34. The van der Waals surface area contributed by atoms with Crippen LogP contribution in [0.4, 0.5) is 11.4 Å². The fourth-order valence-corrected chi connectivity index (χ4v) is 2.84. The Kier molecular flexibility index (Phi) is 4.99. The number of non-ortho nitro benzene ring substituents is 1. The lowest BCUT2D eigenvalue weighted by Gasteiger charge is -2.26. The minimum absolute atomic E-state index is 0.0898. The van der Waals surface area contributed by atoms with Crippen LogP contribution in [0.3, 0.4) is 0 Å². The summed E-state index contributed by atoms with van der Waals surface area (Å²) in [5.74, 6) is 0. The molecule has 122 valence electrons. The van der Waals surface area contributed by atoms with Crippen LogP contribution >= 0.6 is 0 Å². The molecule has 0 saturated carbocycles. The normalized spacial score (nSPS) is 15.7. The zero-order chi connectivity index (χ0) is 16.1. The summed E-state index contributed by atoms with van der Waals surface area (Å²) in [4.78, 5) is 17.1. The van der Waals surface area contributed by atoms with Gasteiger partial charge < -0.3 is 10.1 Å². The number of hydrogen-bond acceptors (Lipinski definition) is 6. The molecule has 23 heavy (non-hydrogen) atoms. The number of aromatic nitrogens is 1. The molecule has 1 aliphatic heterocycles. The van der Waals surface area contributed by atoms with Crippen molar-refractivity contribution >= 4 is 22.1 Å². The van der Waals surface area contributed by atoms with Crippen molar-refractivity contribution in [3.05, 3.63) is 40.7 Å². The van der Waals surface area contributed by atoms with E-state index >= 15 is 0 Å². The Labute approximate surface area is 134 Å². The molecule has 7 nitrogen and oxygen atoms in total. The molecule has 1 saturated heterocycles. The van der Waals surface area contributed by atoms with E-state index in [2.05, 4.69) is 15.2 Å². The number of fused-ring (bicyclic) bond motifs is 1. The molecule has 1 aromatic heterocycles. The van der Waals surface area contributed by atoms with Crippen LogP contribution in [-0.2, 0) is 4.74 Å². The number of rotatable bonds is 6. The number of nitro benzene ring substituents is 1. The summed E-state index contributed by atoms with van der Waals surface area (Å²) in [6.45, 7) is 5.47. The topological polar surface area (TPSA) is 80.5 Å². The Hall–Kier alpha value is -2.25. The van der Waals surface area contributed by atoms with Gasteiger partial charge in [-0.2, -0.15) is 0 Å². The summed E-state index contributed by atoms with van der Waals surface area (Å²) >= 11 is 0. The van der Waals surface area contributed by atoms with E-state index in [1.54, 1.807) is 18.5 Å². The van der Waals surface area contributed by atoms with E-state index in [1.807, 2.05) is 6.07 Å². The van der Waals surface area contributed by atoms with Crippen molar-refractivity contribution in [2.24, 2.45) is 0 Å². The van der Waals surface area contributed by atoms with Gasteiger partial charge in [0.25, 0.3) is 5.69 Å². The van der Waals surface area contributed by atoms with Crippen molar-refractivity contribution < 1.29 is 9.66 Å². The number of morpholine rings is 1. The van der Waals surface area contributed by atoms with E-state index in [4.69, 9.17) is 4.74 Å². The highest BCUT2D eigenvalue weighted by Crippen LogP contribution is 2.30. The van der Waals surface area contributed by atoms with E-state index < -0.39 is 0 Å². The first-order chi connectivity index (χ1) is 11.3. The molecule has 0 unspecified atom stereocenters. The third-order valence-electron chi connectivity index (χ3n) is 4.06. The fourth-order valence-electron chi connectivity index (χ4n) is 2.84. The van der Waals surface area contributed by atoms with Crippen LogP contribution in [0, 0.1) is 10.1 Å². The minimum atomic E-state index is -0.369. The largest absolute Gasteiger partial charge is 0.384 e. The molecule has 2 aromatic rings. The fraction of sp³-hybridized carbons (Fsp3) is 0.438. The van der Waals surface area contributed by atoms with E-state index in [9.17, 15) is 10.1 Å². The second-order valence-corrected chi connectivity index (χ2v) is 5.54. The molecule has 7 heteroatoms. The van der Waals surface area contributed by atoms with Gasteiger partial charge in [0.15, 0.2) is 0 Å². The predicted molar refractivity (Wildman–Crippen MR) is 88.8 cm³/mol. The lowest BCUT2D eigenvalue weighted by molar-refractivity contribution is -0.383. The Morgan fingerprint density at radius 1 is 1.26 bits per heavy atom. The van der Waals surface area contributed by atoms with Crippen molar-refractivity contribution in [1.29, 1.82) is 0 Å². The average molecular weight is 316 g/mol. The number of ether oxygens (including phenoxy) is 1. The minimum Gasteiger partial charge on any atom is -0.384 e. The highest BCUT2D eigenvalue weighted by Gasteiger charge is 2.14. The average Bonchev–Trinajstić information content (AvgIpc) is 2.59. The molecule has 0 radical (unpaired) electrons. The van der Waals surface area contributed by atoms with Crippen molar-refractivity contribution in [1.82, 2.24) is 9.88 Å². The number of anilines is 1. The Morgan fingerprint density at radius 2 is 2.09 bits per heavy atom. The Balaban J connectivity index is 1.64. The van der Waals surface area contributed by atoms with Crippen molar-refractivity contribution in [2.45, 2.75) is 6.42 Å². The van der Waals surface area contributed by atoms with Crippen LogP contribution in [0.25, 0.3) is 10.8 Å². The number of nitrogens with one attached hydrogen (secondary N) is 1. The maximum atomic E-state index is 11.1. The van der Waals surface area contributed by atoms with Crippen LogP contribution in [-0.4, -0.2) is 54.2 Å². The first-order valence-corrected chi connectivity index (χ1v) is 7.81. The molecule has 3 rings (SSSR count).